The van der Waals surface area contributed by atoms with Crippen LogP contribution in [0, 0.1) is 4.77 Å². The molecule has 78 valence electrons. The zero-order valence-corrected chi connectivity index (χ0v) is 8.99. The smallest absolute Gasteiger partial charge is 0.212 e. The molecule has 0 unspecified atom stereocenters. The van der Waals surface area contributed by atoms with Gasteiger partial charge < -0.3 is 9.30 Å². The molecule has 2 rings (SSSR count). The fourth-order valence-corrected chi connectivity index (χ4v) is 1.37. The molecule has 0 saturated carbocycles. The number of pyridine rings is 1. The molecule has 2 aromatic rings. The summed E-state index contributed by atoms with van der Waals surface area (Å²) in [4.78, 5) is 4.11. The third-order valence-electron chi connectivity index (χ3n) is 1.98. The van der Waals surface area contributed by atoms with E-state index >= 15 is 0 Å². The van der Waals surface area contributed by atoms with Crippen molar-refractivity contribution < 1.29 is 4.74 Å². The molecule has 0 aliphatic heterocycles. The number of methoxy groups -OCH3 is 1. The maximum absolute atomic E-state index is 5.03. The number of rotatable bonds is 3. The molecule has 1 N–H and O–H groups in total. The molecule has 0 aliphatic carbocycles. The van der Waals surface area contributed by atoms with E-state index in [1.54, 1.807) is 19.6 Å². The van der Waals surface area contributed by atoms with Crippen LogP contribution in [0.1, 0.15) is 5.56 Å². The standard InChI is InChI=1S/C9H10N4OS/c1-14-8-3-2-7(4-10-8)5-13-6-11-12-9(13)15/h2-4,6H,5H2,1H3,(H,12,15). The van der Waals surface area contributed by atoms with E-state index in [4.69, 9.17) is 17.0 Å². The number of nitrogens with one attached hydrogen (secondary N) is 1. The summed E-state index contributed by atoms with van der Waals surface area (Å²) in [5, 5.41) is 6.53. The number of ether oxygens (including phenoxy) is 1. The second-order valence-electron chi connectivity index (χ2n) is 3.00. The molecule has 0 radical (unpaired) electrons. The number of nitrogens with zero attached hydrogens (tertiary/aromatic N) is 3. The summed E-state index contributed by atoms with van der Waals surface area (Å²) < 4.78 is 7.41. The van der Waals surface area contributed by atoms with Crippen molar-refractivity contribution in [2.24, 2.45) is 0 Å². The molecule has 6 heteroatoms. The Morgan fingerprint density at radius 3 is 2.93 bits per heavy atom. The van der Waals surface area contributed by atoms with Gasteiger partial charge in [0, 0.05) is 12.3 Å². The van der Waals surface area contributed by atoms with Gasteiger partial charge in [-0.15, -0.1) is 0 Å². The van der Waals surface area contributed by atoms with Crippen LogP contribution in [0.5, 0.6) is 5.88 Å². The monoisotopic (exact) mass is 222 g/mol. The Hall–Kier alpha value is -1.69. The minimum absolute atomic E-state index is 0.603. The molecule has 0 fully saturated rings. The normalized spacial score (nSPS) is 10.2. The molecule has 0 saturated heterocycles. The zero-order valence-electron chi connectivity index (χ0n) is 8.17. The molecular formula is C9H10N4OS. The van der Waals surface area contributed by atoms with Crippen molar-refractivity contribution in [3.63, 3.8) is 0 Å². The highest BCUT2D eigenvalue weighted by Gasteiger charge is 1.98. The van der Waals surface area contributed by atoms with E-state index in [0.29, 0.717) is 17.2 Å². The average molecular weight is 222 g/mol. The molecule has 2 heterocycles. The molecule has 0 spiro atoms. The molecule has 5 nitrogen and oxygen atoms in total. The lowest BCUT2D eigenvalue weighted by atomic mass is 10.3. The zero-order chi connectivity index (χ0) is 10.7. The van der Waals surface area contributed by atoms with Crippen LogP contribution in [0.3, 0.4) is 0 Å². The fraction of sp³-hybridized carbons (Fsp3) is 0.222. The average Bonchev–Trinajstić information content (AvgIpc) is 2.66. The van der Waals surface area contributed by atoms with Crippen LogP contribution in [0.15, 0.2) is 24.7 Å². The van der Waals surface area contributed by atoms with E-state index in [9.17, 15) is 0 Å². The Kier molecular flexibility index (Phi) is 2.77. The van der Waals surface area contributed by atoms with Gasteiger partial charge in [-0.25, -0.2) is 4.98 Å². The minimum Gasteiger partial charge on any atom is -0.481 e. The predicted octanol–water partition coefficient (Wildman–Crippen LogP) is 1.39. The lowest BCUT2D eigenvalue weighted by molar-refractivity contribution is 0.397. The van der Waals surface area contributed by atoms with Gasteiger partial charge in [-0.05, 0) is 17.8 Å². The van der Waals surface area contributed by atoms with Crippen molar-refractivity contribution in [1.29, 1.82) is 0 Å². The summed E-state index contributed by atoms with van der Waals surface area (Å²) in [6.07, 6.45) is 3.42. The molecule has 2 aromatic heterocycles. The van der Waals surface area contributed by atoms with Crippen LogP contribution in [-0.2, 0) is 6.54 Å². The third-order valence-corrected chi connectivity index (χ3v) is 2.30. The van der Waals surface area contributed by atoms with Crippen LogP contribution in [0.25, 0.3) is 0 Å². The van der Waals surface area contributed by atoms with Gasteiger partial charge in [0.05, 0.1) is 13.7 Å². The van der Waals surface area contributed by atoms with Gasteiger partial charge >= 0.3 is 0 Å². The van der Waals surface area contributed by atoms with E-state index in [1.165, 1.54) is 0 Å². The first-order valence-electron chi connectivity index (χ1n) is 4.38. The summed E-state index contributed by atoms with van der Waals surface area (Å²) in [5.41, 5.74) is 1.05. The van der Waals surface area contributed by atoms with E-state index in [1.807, 2.05) is 16.7 Å². The van der Waals surface area contributed by atoms with Gasteiger partial charge in [-0.3, -0.25) is 5.10 Å². The Balaban J connectivity index is 2.18. The maximum atomic E-state index is 5.03. The molecule has 0 amide bonds. The second kappa shape index (κ2) is 4.22. The molecule has 0 atom stereocenters. The Morgan fingerprint density at radius 1 is 1.53 bits per heavy atom. The molecular weight excluding hydrogens is 212 g/mol. The summed E-state index contributed by atoms with van der Waals surface area (Å²) in [6.45, 7) is 0.659. The number of hydrogen-bond acceptors (Lipinski definition) is 4. The van der Waals surface area contributed by atoms with Gasteiger partial charge in [0.15, 0.2) is 4.77 Å². The SMILES string of the molecule is COc1ccc(Cn2cn[nH]c2=S)cn1. The number of aromatic nitrogens is 4. The van der Waals surface area contributed by atoms with Gasteiger partial charge in [0.1, 0.15) is 6.33 Å². The Bertz CT molecular complexity index is 487. The lowest BCUT2D eigenvalue weighted by Crippen LogP contribution is -1.99. The molecule has 0 aromatic carbocycles. The van der Waals surface area contributed by atoms with Crippen LogP contribution < -0.4 is 4.74 Å². The highest BCUT2D eigenvalue weighted by molar-refractivity contribution is 7.71. The number of hydrogen-bond donors (Lipinski definition) is 1. The highest BCUT2D eigenvalue weighted by Crippen LogP contribution is 2.07. The largest absolute Gasteiger partial charge is 0.481 e. The number of H-pyrrole nitrogens is 1. The summed E-state index contributed by atoms with van der Waals surface area (Å²) in [5.74, 6) is 0.606. The van der Waals surface area contributed by atoms with Crippen molar-refractivity contribution in [2.75, 3.05) is 7.11 Å². The van der Waals surface area contributed by atoms with E-state index in [-0.39, 0.29) is 0 Å². The van der Waals surface area contributed by atoms with Crippen LogP contribution >= 0.6 is 12.2 Å². The van der Waals surface area contributed by atoms with Crippen molar-refractivity contribution in [3.8, 4) is 5.88 Å². The minimum atomic E-state index is 0.603. The third kappa shape index (κ3) is 2.21. The molecule has 0 aliphatic rings. The van der Waals surface area contributed by atoms with E-state index < -0.39 is 0 Å². The van der Waals surface area contributed by atoms with E-state index in [0.717, 1.165) is 5.56 Å². The van der Waals surface area contributed by atoms with Crippen LogP contribution in [0.2, 0.25) is 0 Å². The van der Waals surface area contributed by atoms with E-state index in [2.05, 4.69) is 15.2 Å². The summed E-state index contributed by atoms with van der Waals surface area (Å²) in [6, 6.07) is 3.76. The van der Waals surface area contributed by atoms with Gasteiger partial charge in [-0.2, -0.15) is 5.10 Å². The first-order valence-corrected chi connectivity index (χ1v) is 4.79. The maximum Gasteiger partial charge on any atom is 0.212 e. The van der Waals surface area contributed by atoms with Crippen molar-refractivity contribution in [1.82, 2.24) is 19.7 Å². The topological polar surface area (TPSA) is 55.7 Å². The summed E-state index contributed by atoms with van der Waals surface area (Å²) in [7, 11) is 1.59. The number of aromatic amines is 1. The second-order valence-corrected chi connectivity index (χ2v) is 3.38. The Morgan fingerprint density at radius 2 is 2.40 bits per heavy atom. The predicted molar refractivity (Wildman–Crippen MR) is 57.3 cm³/mol. The van der Waals surface area contributed by atoms with Crippen molar-refractivity contribution in [3.05, 3.63) is 35.0 Å². The first-order chi connectivity index (χ1) is 7.29. The first kappa shape index (κ1) is 9.85. The highest BCUT2D eigenvalue weighted by atomic mass is 32.1. The van der Waals surface area contributed by atoms with Crippen LogP contribution in [-0.4, -0.2) is 26.9 Å². The van der Waals surface area contributed by atoms with Crippen molar-refractivity contribution in [2.45, 2.75) is 6.54 Å². The Labute approximate surface area is 91.7 Å². The molecule has 0 bridgehead atoms. The molecule has 15 heavy (non-hydrogen) atoms. The quantitative estimate of drug-likeness (QED) is 0.797. The van der Waals surface area contributed by atoms with Gasteiger partial charge in [0.2, 0.25) is 5.88 Å². The van der Waals surface area contributed by atoms with Gasteiger partial charge in [-0.1, -0.05) is 6.07 Å². The summed E-state index contributed by atoms with van der Waals surface area (Å²) >= 11 is 5.03. The van der Waals surface area contributed by atoms with Crippen molar-refractivity contribution >= 4 is 12.2 Å². The fourth-order valence-electron chi connectivity index (χ4n) is 1.20. The van der Waals surface area contributed by atoms with Crippen LogP contribution in [0.4, 0.5) is 0 Å². The lowest BCUT2D eigenvalue weighted by Gasteiger charge is -2.02. The van der Waals surface area contributed by atoms with Gasteiger partial charge in [0.25, 0.3) is 0 Å².